The summed E-state index contributed by atoms with van der Waals surface area (Å²) in [5, 5.41) is 22.0. The van der Waals surface area contributed by atoms with Crippen molar-refractivity contribution >= 4 is 54.5 Å². The summed E-state index contributed by atoms with van der Waals surface area (Å²) >= 11 is 5.43. The summed E-state index contributed by atoms with van der Waals surface area (Å²) in [4.78, 5) is 58.3. The SMILES string of the molecule is Cc1nc2c(ncn2[C@@H]2O[C@@H]3COP(=O)(O)O[C@H]4[C@@H](O)[C@H](n5cnc6c(N)ncnc65)[C@H]5CC54COP(O)(=S)O[C@@H]2[C@@H]3CO)c(=O)[nH]1. The van der Waals surface area contributed by atoms with Gasteiger partial charge in [0.2, 0.25) is 0 Å². The van der Waals surface area contributed by atoms with Crippen LogP contribution >= 0.6 is 14.5 Å². The number of hydrogen-bond donors (Lipinski definition) is 6. The van der Waals surface area contributed by atoms with E-state index in [9.17, 15) is 29.4 Å². The number of nitrogens with one attached hydrogen (secondary N) is 1. The number of imidazole rings is 2. The fourth-order valence-corrected chi connectivity index (χ4v) is 9.73. The van der Waals surface area contributed by atoms with Gasteiger partial charge in [-0.25, -0.2) is 29.5 Å². The Morgan fingerprint density at radius 2 is 1.89 bits per heavy atom. The number of fused-ring (bicyclic) bond motifs is 4. The molecule has 2 aliphatic carbocycles. The quantitative estimate of drug-likeness (QED) is 0.145. The molecule has 4 aromatic rings. The number of aryl methyl sites for hydroxylation is 1. The number of aromatic amines is 1. The van der Waals surface area contributed by atoms with E-state index >= 15 is 0 Å². The Labute approximate surface area is 268 Å². The molecule has 0 radical (unpaired) electrons. The van der Waals surface area contributed by atoms with Crippen molar-refractivity contribution in [1.29, 1.82) is 0 Å². The first-order chi connectivity index (χ1) is 22.3. The summed E-state index contributed by atoms with van der Waals surface area (Å²) in [6.45, 7) is -4.06. The van der Waals surface area contributed by atoms with Gasteiger partial charge in [0.25, 0.3) is 5.56 Å². The molecule has 252 valence electrons. The lowest BCUT2D eigenvalue weighted by Gasteiger charge is -2.31. The highest BCUT2D eigenvalue weighted by molar-refractivity contribution is 8.07. The zero-order chi connectivity index (χ0) is 33.0. The fourth-order valence-electron chi connectivity index (χ4n) is 7.23. The molecule has 4 aromatic heterocycles. The molecule has 8 rings (SSSR count). The van der Waals surface area contributed by atoms with Gasteiger partial charge in [0.15, 0.2) is 28.9 Å². The van der Waals surface area contributed by atoms with Crippen LogP contribution in [-0.2, 0) is 39.2 Å². The number of aliphatic hydroxyl groups is 2. The van der Waals surface area contributed by atoms with E-state index in [0.29, 0.717) is 23.4 Å². The minimum Gasteiger partial charge on any atom is -0.396 e. The molecule has 2 saturated heterocycles. The molecule has 2 saturated carbocycles. The molecule has 2 bridgehead atoms. The number of nitrogens with zero attached hydrogens (tertiary/aromatic N) is 7. The van der Waals surface area contributed by atoms with Crippen molar-refractivity contribution in [2.75, 3.05) is 25.6 Å². The molecule has 23 heteroatoms. The topological polar surface area (TPSA) is 277 Å². The van der Waals surface area contributed by atoms with Gasteiger partial charge in [-0.2, -0.15) is 0 Å². The summed E-state index contributed by atoms with van der Waals surface area (Å²) in [5.74, 6) is -0.944. The highest BCUT2D eigenvalue weighted by Gasteiger charge is 2.74. The molecule has 1 spiro atoms. The number of phosphoric acid groups is 1. The Hall–Kier alpha value is -2.78. The lowest BCUT2D eigenvalue weighted by atomic mass is 9.99. The van der Waals surface area contributed by atoms with Gasteiger partial charge >= 0.3 is 14.5 Å². The number of rotatable bonds is 3. The largest absolute Gasteiger partial charge is 0.472 e. The van der Waals surface area contributed by atoms with Crippen LogP contribution in [0, 0.1) is 24.2 Å². The van der Waals surface area contributed by atoms with Crippen LogP contribution in [0.3, 0.4) is 0 Å². The molecule has 11 atom stereocenters. The van der Waals surface area contributed by atoms with Crippen LogP contribution in [0.4, 0.5) is 5.82 Å². The third-order valence-electron chi connectivity index (χ3n) is 9.46. The lowest BCUT2D eigenvalue weighted by molar-refractivity contribution is -0.0636. The van der Waals surface area contributed by atoms with Crippen LogP contribution in [0.1, 0.15) is 24.5 Å². The number of hydrogen-bond acceptors (Lipinski definition) is 16. The average molecular weight is 714 g/mol. The second-order valence-corrected chi connectivity index (χ2v) is 16.3. The van der Waals surface area contributed by atoms with Gasteiger partial charge in [0.1, 0.15) is 36.0 Å². The summed E-state index contributed by atoms with van der Waals surface area (Å²) in [6.07, 6.45) is -1.88. The molecule has 3 unspecified atom stereocenters. The van der Waals surface area contributed by atoms with Crippen molar-refractivity contribution in [3.05, 3.63) is 35.2 Å². The molecule has 4 fully saturated rings. The van der Waals surface area contributed by atoms with E-state index in [-0.39, 0.29) is 23.6 Å². The Kier molecular flexibility index (Phi) is 7.28. The first-order valence-electron chi connectivity index (χ1n) is 14.4. The number of phosphoric ester groups is 1. The summed E-state index contributed by atoms with van der Waals surface area (Å²) in [5.41, 5.74) is 5.14. The molecule has 47 heavy (non-hydrogen) atoms. The second-order valence-electron chi connectivity index (χ2n) is 12.1. The third kappa shape index (κ3) is 5.00. The Balaban J connectivity index is 1.15. The maximum absolute atomic E-state index is 13.4. The van der Waals surface area contributed by atoms with Crippen LogP contribution in [0.15, 0.2) is 23.8 Å². The van der Waals surface area contributed by atoms with Gasteiger partial charge in [-0.3, -0.25) is 18.4 Å². The van der Waals surface area contributed by atoms with Crippen molar-refractivity contribution < 1.29 is 47.4 Å². The third-order valence-corrected chi connectivity index (χ3v) is 12.0. The van der Waals surface area contributed by atoms with Crippen molar-refractivity contribution in [3.8, 4) is 0 Å². The first kappa shape index (κ1) is 31.5. The Bertz CT molecular complexity index is 2060. The maximum Gasteiger partial charge on any atom is 0.472 e. The number of ether oxygens (including phenoxy) is 1. The van der Waals surface area contributed by atoms with Crippen molar-refractivity contribution in [2.45, 2.75) is 50.0 Å². The summed E-state index contributed by atoms with van der Waals surface area (Å²) in [7, 11) is -4.91. The highest BCUT2D eigenvalue weighted by Crippen LogP contribution is 2.72. The summed E-state index contributed by atoms with van der Waals surface area (Å²) < 4.78 is 45.5. The fraction of sp³-hybridized carbons (Fsp3) is 0.583. The van der Waals surface area contributed by atoms with Gasteiger partial charge < -0.3 is 49.1 Å². The predicted molar refractivity (Wildman–Crippen MR) is 161 cm³/mol. The average Bonchev–Trinajstić information content (AvgIpc) is 3.30. The van der Waals surface area contributed by atoms with Gasteiger partial charge in [0, 0.05) is 11.3 Å². The zero-order valence-electron chi connectivity index (χ0n) is 24.3. The monoisotopic (exact) mass is 713 g/mol. The number of H-pyrrole nitrogens is 1. The van der Waals surface area contributed by atoms with E-state index < -0.39 is 87.3 Å². The number of nitrogens with two attached hydrogens (primary N) is 1. The van der Waals surface area contributed by atoms with E-state index in [0.717, 1.165) is 0 Å². The second kappa shape index (κ2) is 10.9. The lowest BCUT2D eigenvalue weighted by Crippen LogP contribution is -2.38. The smallest absolute Gasteiger partial charge is 0.396 e. The van der Waals surface area contributed by atoms with Gasteiger partial charge in [-0.15, -0.1) is 0 Å². The van der Waals surface area contributed by atoms with Crippen LogP contribution < -0.4 is 11.3 Å². The van der Waals surface area contributed by atoms with Crippen LogP contribution in [0.5, 0.6) is 0 Å². The minimum atomic E-state index is -4.91. The zero-order valence-corrected chi connectivity index (χ0v) is 26.9. The Morgan fingerprint density at radius 1 is 1.13 bits per heavy atom. The minimum absolute atomic E-state index is 0.000347. The van der Waals surface area contributed by atoms with Gasteiger partial charge in [0.05, 0.1) is 44.6 Å². The molecule has 2 aliphatic heterocycles. The van der Waals surface area contributed by atoms with E-state index in [1.165, 1.54) is 23.5 Å². The molecule has 0 aromatic carbocycles. The predicted octanol–water partition coefficient (Wildman–Crippen LogP) is -0.588. The number of aliphatic hydroxyl groups excluding tert-OH is 2. The highest BCUT2D eigenvalue weighted by atomic mass is 32.5. The molecule has 4 aliphatic rings. The molecule has 7 N–H and O–H groups in total. The van der Waals surface area contributed by atoms with E-state index in [4.69, 9.17) is 40.4 Å². The Morgan fingerprint density at radius 3 is 2.68 bits per heavy atom. The van der Waals surface area contributed by atoms with Crippen molar-refractivity contribution in [1.82, 2.24) is 39.0 Å². The standard InChI is InChI=1S/C24H29N9O11P2S/c1-9-30-21-14(22(36)31-9)29-8-33(21)23-17-10(3-34)12(42-23)4-40-45(37,38)44-18-16(35)15(11-2-24(11,18)5-41-46(39,47)43-17)32-7-28-13-19(25)26-6-27-20(13)32/h6-8,10-12,15-18,23,34-35H,2-5H2,1H3,(H,37,38)(H,39,47)(H2,25,26,27)(H,30,31,36)/t10-,11-,12-,15-,16+,17-,18+,23-,24?,46?/m1/s1. The van der Waals surface area contributed by atoms with E-state index in [2.05, 4.69) is 29.9 Å². The normalized spacial score (nSPS) is 40.4. The molecule has 0 amide bonds. The molecule has 6 heterocycles. The summed E-state index contributed by atoms with van der Waals surface area (Å²) in [6, 6.07) is -0.746. The van der Waals surface area contributed by atoms with Crippen LogP contribution in [-0.4, -0.2) is 103 Å². The van der Waals surface area contributed by atoms with E-state index in [1.54, 1.807) is 11.5 Å². The van der Waals surface area contributed by atoms with Crippen molar-refractivity contribution in [3.63, 3.8) is 0 Å². The van der Waals surface area contributed by atoms with Crippen LogP contribution in [0.2, 0.25) is 0 Å². The number of aromatic nitrogens is 8. The van der Waals surface area contributed by atoms with Gasteiger partial charge in [-0.05, 0) is 31.1 Å². The van der Waals surface area contributed by atoms with Gasteiger partial charge in [-0.1, -0.05) is 0 Å². The van der Waals surface area contributed by atoms with Crippen LogP contribution in [0.25, 0.3) is 22.3 Å². The number of anilines is 1. The molecular weight excluding hydrogens is 684 g/mol. The van der Waals surface area contributed by atoms with Crippen molar-refractivity contribution in [2.24, 2.45) is 17.3 Å². The number of nitrogen functional groups attached to an aromatic ring is 1. The molecule has 20 nitrogen and oxygen atoms in total. The first-order valence-corrected chi connectivity index (χ1v) is 18.5. The maximum atomic E-state index is 13.4. The molecular formula is C24H29N9O11P2S. The van der Waals surface area contributed by atoms with E-state index in [1.807, 2.05) is 0 Å².